The summed E-state index contributed by atoms with van der Waals surface area (Å²) in [5, 5.41) is 9.05. The molecule has 1 saturated heterocycles. The molecule has 1 fully saturated rings. The number of amides is 1. The van der Waals surface area contributed by atoms with Crippen molar-refractivity contribution in [1.82, 2.24) is 4.90 Å². The van der Waals surface area contributed by atoms with Crippen molar-refractivity contribution in [3.63, 3.8) is 0 Å². The van der Waals surface area contributed by atoms with E-state index < -0.39 is 6.29 Å². The molecular formula is C28H33NO4. The Morgan fingerprint density at radius 1 is 1.03 bits per heavy atom. The monoisotopic (exact) mass is 447 g/mol. The van der Waals surface area contributed by atoms with Crippen LogP contribution >= 0.6 is 0 Å². The van der Waals surface area contributed by atoms with Crippen LogP contribution in [0.5, 0.6) is 0 Å². The second kappa shape index (κ2) is 10.1. The molecule has 2 aromatic rings. The van der Waals surface area contributed by atoms with Crippen molar-refractivity contribution in [3.8, 4) is 11.1 Å². The molecule has 0 unspecified atom stereocenters. The number of allylic oxidation sites excluding steroid dienone is 1. The van der Waals surface area contributed by atoms with E-state index in [4.69, 9.17) is 14.6 Å². The Balaban J connectivity index is 1.40. The van der Waals surface area contributed by atoms with Crippen LogP contribution in [0.25, 0.3) is 11.1 Å². The smallest absolute Gasteiger partial charge is 0.288 e. The number of hydrogen-bond acceptors (Lipinski definition) is 4. The number of carbonyl (C=O) groups excluding carboxylic acids is 1. The fourth-order valence-electron chi connectivity index (χ4n) is 5.20. The van der Waals surface area contributed by atoms with Gasteiger partial charge in [-0.3, -0.25) is 4.79 Å². The lowest BCUT2D eigenvalue weighted by Crippen LogP contribution is -2.39. The van der Waals surface area contributed by atoms with E-state index in [2.05, 4.69) is 42.5 Å². The number of likely N-dealkylation sites (tertiary alicyclic amines) is 1. The van der Waals surface area contributed by atoms with Crippen LogP contribution in [0.15, 0.2) is 54.3 Å². The van der Waals surface area contributed by atoms with E-state index >= 15 is 0 Å². The highest BCUT2D eigenvalue weighted by Crippen LogP contribution is 2.40. The zero-order valence-electron chi connectivity index (χ0n) is 19.2. The predicted molar refractivity (Wildman–Crippen MR) is 128 cm³/mol. The quantitative estimate of drug-likeness (QED) is 0.530. The van der Waals surface area contributed by atoms with E-state index in [1.54, 1.807) is 0 Å². The van der Waals surface area contributed by atoms with Crippen molar-refractivity contribution < 1.29 is 19.4 Å². The maximum Gasteiger partial charge on any atom is 0.288 e. The molecule has 33 heavy (non-hydrogen) atoms. The molecular weight excluding hydrogens is 414 g/mol. The number of fused-ring (bicyclic) bond motifs is 3. The summed E-state index contributed by atoms with van der Waals surface area (Å²) in [7, 11) is 0. The average molecular weight is 448 g/mol. The Morgan fingerprint density at radius 3 is 2.70 bits per heavy atom. The number of hydrogen-bond donors (Lipinski definition) is 1. The summed E-state index contributed by atoms with van der Waals surface area (Å²) >= 11 is 0. The number of nitrogens with zero attached hydrogens (tertiary/aromatic N) is 1. The molecule has 5 nitrogen and oxygen atoms in total. The first kappa shape index (κ1) is 22.2. The number of aliphatic hydroxyl groups is 1. The minimum absolute atomic E-state index is 0.0186. The highest BCUT2D eigenvalue weighted by Gasteiger charge is 2.32. The van der Waals surface area contributed by atoms with Gasteiger partial charge >= 0.3 is 0 Å². The van der Waals surface area contributed by atoms with Crippen LogP contribution in [0.3, 0.4) is 0 Å². The number of rotatable bonds is 7. The third-order valence-corrected chi connectivity index (χ3v) is 7.02. The highest BCUT2D eigenvalue weighted by atomic mass is 16.7. The van der Waals surface area contributed by atoms with Gasteiger partial charge in [0.05, 0.1) is 6.61 Å². The summed E-state index contributed by atoms with van der Waals surface area (Å²) in [6.07, 6.45) is 7.96. The third kappa shape index (κ3) is 4.85. The second-order valence-corrected chi connectivity index (χ2v) is 9.33. The van der Waals surface area contributed by atoms with Crippen molar-refractivity contribution in [2.45, 2.75) is 57.2 Å². The minimum Gasteiger partial charge on any atom is -0.459 e. The number of piperidine rings is 1. The van der Waals surface area contributed by atoms with Crippen LogP contribution in [0.4, 0.5) is 0 Å². The molecule has 1 aliphatic carbocycles. The molecule has 0 aromatic heterocycles. The topological polar surface area (TPSA) is 59.0 Å². The molecule has 174 valence electrons. The van der Waals surface area contributed by atoms with E-state index in [9.17, 15) is 4.79 Å². The third-order valence-electron chi connectivity index (χ3n) is 7.02. The first-order chi connectivity index (χ1) is 16.2. The number of benzene rings is 2. The fraction of sp³-hybridized carbons (Fsp3) is 0.464. The SMILES string of the molecule is O=C(C1=C[C@H](c2ccc3c(c2)-c2ccccc2C3)C[C@H](OCCCCO)O1)N1CCCCC1. The number of ether oxygens (including phenoxy) is 2. The molecule has 2 heterocycles. The largest absolute Gasteiger partial charge is 0.459 e. The zero-order chi connectivity index (χ0) is 22.6. The van der Waals surface area contributed by atoms with Gasteiger partial charge in [-0.05, 0) is 72.4 Å². The lowest BCUT2D eigenvalue weighted by molar-refractivity contribution is -0.153. The fourth-order valence-corrected chi connectivity index (χ4v) is 5.20. The van der Waals surface area contributed by atoms with Crippen molar-refractivity contribution in [2.24, 2.45) is 0 Å². The van der Waals surface area contributed by atoms with E-state index in [-0.39, 0.29) is 18.4 Å². The van der Waals surface area contributed by atoms with Gasteiger partial charge < -0.3 is 19.5 Å². The van der Waals surface area contributed by atoms with E-state index in [1.165, 1.54) is 34.2 Å². The molecule has 0 saturated carbocycles. The molecule has 0 radical (unpaired) electrons. The Morgan fingerprint density at radius 2 is 1.85 bits per heavy atom. The standard InChI is InChI=1S/C28H33NO4/c30-14-6-7-15-32-27-19-23(18-26(33-27)28(31)29-12-4-1-5-13-29)20-10-11-22-16-21-8-2-3-9-24(21)25(22)17-20/h2-3,8-11,17-18,23,27,30H,1,4-7,12-16,19H2/t23-,27+/m0/s1. The zero-order valence-corrected chi connectivity index (χ0v) is 19.2. The summed E-state index contributed by atoms with van der Waals surface area (Å²) < 4.78 is 12.1. The van der Waals surface area contributed by atoms with Crippen LogP contribution in [-0.2, 0) is 20.7 Å². The first-order valence-corrected chi connectivity index (χ1v) is 12.3. The summed E-state index contributed by atoms with van der Waals surface area (Å²) in [5.41, 5.74) is 6.54. The molecule has 1 N–H and O–H groups in total. The molecule has 0 bridgehead atoms. The van der Waals surface area contributed by atoms with Crippen molar-refractivity contribution in [3.05, 3.63) is 71.0 Å². The van der Waals surface area contributed by atoms with Gasteiger partial charge in [0.15, 0.2) is 5.76 Å². The van der Waals surface area contributed by atoms with Crippen LogP contribution in [0, 0.1) is 0 Å². The minimum atomic E-state index is -0.456. The van der Waals surface area contributed by atoms with E-state index in [0.717, 1.165) is 38.8 Å². The average Bonchev–Trinajstić information content (AvgIpc) is 3.24. The molecule has 5 rings (SSSR count). The van der Waals surface area contributed by atoms with Crippen LogP contribution < -0.4 is 0 Å². The molecule has 3 aliphatic rings. The Labute approximate surface area is 196 Å². The summed E-state index contributed by atoms with van der Waals surface area (Å²) in [6, 6.07) is 15.3. The van der Waals surface area contributed by atoms with Crippen LogP contribution in [0.1, 0.15) is 61.1 Å². The molecule has 2 atom stereocenters. The van der Waals surface area contributed by atoms with Gasteiger partial charge in [0.2, 0.25) is 6.29 Å². The lowest BCUT2D eigenvalue weighted by atomic mass is 9.90. The predicted octanol–water partition coefficient (Wildman–Crippen LogP) is 4.77. The second-order valence-electron chi connectivity index (χ2n) is 9.33. The molecule has 2 aliphatic heterocycles. The van der Waals surface area contributed by atoms with E-state index in [1.807, 2.05) is 11.0 Å². The van der Waals surface area contributed by atoms with Gasteiger partial charge in [-0.2, -0.15) is 0 Å². The Hall–Kier alpha value is -2.63. The van der Waals surface area contributed by atoms with Crippen molar-refractivity contribution in [1.29, 1.82) is 0 Å². The van der Waals surface area contributed by atoms with E-state index in [0.29, 0.717) is 25.2 Å². The maximum atomic E-state index is 13.2. The summed E-state index contributed by atoms with van der Waals surface area (Å²) in [4.78, 5) is 15.2. The molecule has 1 amide bonds. The van der Waals surface area contributed by atoms with Crippen LogP contribution in [-0.4, -0.2) is 48.5 Å². The van der Waals surface area contributed by atoms with Gasteiger partial charge in [0.25, 0.3) is 5.91 Å². The van der Waals surface area contributed by atoms with Gasteiger partial charge in [-0.25, -0.2) is 0 Å². The van der Waals surface area contributed by atoms with Crippen molar-refractivity contribution >= 4 is 5.91 Å². The lowest BCUT2D eigenvalue weighted by Gasteiger charge is -2.33. The normalized spacial score (nSPS) is 21.7. The Kier molecular flexibility index (Phi) is 6.79. The molecule has 0 spiro atoms. The van der Waals surface area contributed by atoms with Gasteiger partial charge in [-0.1, -0.05) is 42.5 Å². The van der Waals surface area contributed by atoms with Gasteiger partial charge in [-0.15, -0.1) is 0 Å². The summed E-state index contributed by atoms with van der Waals surface area (Å²) in [6.45, 7) is 2.26. The van der Waals surface area contributed by atoms with Gasteiger partial charge in [0, 0.05) is 32.0 Å². The van der Waals surface area contributed by atoms with Crippen LogP contribution in [0.2, 0.25) is 0 Å². The molecule has 2 aromatic carbocycles. The maximum absolute atomic E-state index is 13.2. The van der Waals surface area contributed by atoms with Gasteiger partial charge in [0.1, 0.15) is 0 Å². The number of carbonyl (C=O) groups is 1. The van der Waals surface area contributed by atoms with Crippen molar-refractivity contribution in [2.75, 3.05) is 26.3 Å². The highest BCUT2D eigenvalue weighted by molar-refractivity contribution is 5.92. The number of unbranched alkanes of at least 4 members (excludes halogenated alkanes) is 1. The first-order valence-electron chi connectivity index (χ1n) is 12.3. The Bertz CT molecular complexity index is 1020. The summed E-state index contributed by atoms with van der Waals surface area (Å²) in [5.74, 6) is 0.458. The molecule has 5 heteroatoms. The number of aliphatic hydroxyl groups excluding tert-OH is 1.